The fourth-order valence-electron chi connectivity index (χ4n) is 3.12. The van der Waals surface area contributed by atoms with Gasteiger partial charge >= 0.3 is 5.97 Å². The largest absolute Gasteiger partial charge is 0.462 e. The van der Waals surface area contributed by atoms with Crippen LogP contribution in [0.5, 0.6) is 0 Å². The zero-order valence-corrected chi connectivity index (χ0v) is 11.2. The highest BCUT2D eigenvalue weighted by Crippen LogP contribution is 2.28. The Bertz CT molecular complexity index is 271. The molecule has 2 fully saturated rings. The first-order valence-electron chi connectivity index (χ1n) is 7.02. The molecule has 0 aromatic carbocycles. The zero-order valence-electron chi connectivity index (χ0n) is 11.2. The smallest absolute Gasteiger partial charge is 0.310 e. The summed E-state index contributed by atoms with van der Waals surface area (Å²) in [4.78, 5) is 12.1. The van der Waals surface area contributed by atoms with E-state index >= 15 is 0 Å². The van der Waals surface area contributed by atoms with Crippen molar-refractivity contribution in [3.8, 4) is 0 Å². The van der Waals surface area contributed by atoms with Crippen LogP contribution in [0.3, 0.4) is 0 Å². The summed E-state index contributed by atoms with van der Waals surface area (Å²) < 4.78 is 5.66. The molecule has 17 heavy (non-hydrogen) atoms. The minimum Gasteiger partial charge on any atom is -0.462 e. The van der Waals surface area contributed by atoms with Crippen LogP contribution in [0, 0.1) is 11.8 Å². The maximum Gasteiger partial charge on any atom is 0.310 e. The topological polar surface area (TPSA) is 38.3 Å². The third-order valence-electron chi connectivity index (χ3n) is 4.31. The van der Waals surface area contributed by atoms with E-state index in [0.29, 0.717) is 6.04 Å². The standard InChI is InChI=1S/C14H25NO2/c1-9-4-6-12(7-5-9)17-14(16)13-8-10(2)15-11(13)3/h9-13,15H,4-8H2,1-3H3. The summed E-state index contributed by atoms with van der Waals surface area (Å²) in [5, 5.41) is 3.39. The molecule has 3 heteroatoms. The predicted molar refractivity (Wildman–Crippen MR) is 67.7 cm³/mol. The van der Waals surface area contributed by atoms with Gasteiger partial charge < -0.3 is 10.1 Å². The minimum absolute atomic E-state index is 0.0221. The van der Waals surface area contributed by atoms with Crippen LogP contribution in [-0.4, -0.2) is 24.2 Å². The Labute approximate surface area is 104 Å². The van der Waals surface area contributed by atoms with Crippen molar-refractivity contribution < 1.29 is 9.53 Å². The lowest BCUT2D eigenvalue weighted by molar-refractivity contribution is -0.156. The molecule has 3 unspecified atom stereocenters. The summed E-state index contributed by atoms with van der Waals surface area (Å²) in [5.74, 6) is 0.885. The fourth-order valence-corrected chi connectivity index (χ4v) is 3.12. The quantitative estimate of drug-likeness (QED) is 0.752. The van der Waals surface area contributed by atoms with Gasteiger partial charge in [0.1, 0.15) is 6.10 Å². The first-order valence-corrected chi connectivity index (χ1v) is 7.02. The molecule has 1 N–H and O–H groups in total. The van der Waals surface area contributed by atoms with E-state index < -0.39 is 0 Å². The predicted octanol–water partition coefficient (Wildman–Crippen LogP) is 2.49. The Balaban J connectivity index is 1.81. The van der Waals surface area contributed by atoms with Gasteiger partial charge in [-0.2, -0.15) is 0 Å². The minimum atomic E-state index is 0.0221. The van der Waals surface area contributed by atoms with Gasteiger partial charge in [0.05, 0.1) is 5.92 Å². The van der Waals surface area contributed by atoms with Crippen LogP contribution in [0.25, 0.3) is 0 Å². The summed E-state index contributed by atoms with van der Waals surface area (Å²) >= 11 is 0. The van der Waals surface area contributed by atoms with E-state index in [0.717, 1.165) is 25.2 Å². The number of carbonyl (C=O) groups is 1. The van der Waals surface area contributed by atoms with E-state index in [1.165, 1.54) is 12.8 Å². The number of carbonyl (C=O) groups excluding carboxylic acids is 1. The number of esters is 1. The average Bonchev–Trinajstić information content (AvgIpc) is 2.61. The molecular formula is C14H25NO2. The van der Waals surface area contributed by atoms with E-state index in [1.54, 1.807) is 0 Å². The first-order chi connectivity index (χ1) is 8.06. The molecule has 0 aromatic rings. The Morgan fingerprint density at radius 3 is 2.29 bits per heavy atom. The van der Waals surface area contributed by atoms with Crippen molar-refractivity contribution in [2.45, 2.75) is 71.1 Å². The van der Waals surface area contributed by atoms with Crippen molar-refractivity contribution in [3.05, 3.63) is 0 Å². The molecule has 1 aliphatic heterocycles. The normalized spacial score (nSPS) is 42.4. The molecule has 0 bridgehead atoms. The second kappa shape index (κ2) is 5.38. The van der Waals surface area contributed by atoms with Gasteiger partial charge in [-0.25, -0.2) is 0 Å². The molecule has 0 aromatic heterocycles. The van der Waals surface area contributed by atoms with Gasteiger partial charge in [0.15, 0.2) is 0 Å². The molecule has 0 radical (unpaired) electrons. The summed E-state index contributed by atoms with van der Waals surface area (Å²) in [6, 6.07) is 0.703. The highest BCUT2D eigenvalue weighted by Gasteiger charge is 2.36. The SMILES string of the molecule is CC1CCC(OC(=O)C2CC(C)NC2C)CC1. The molecule has 3 nitrogen and oxygen atoms in total. The Morgan fingerprint density at radius 2 is 1.76 bits per heavy atom. The monoisotopic (exact) mass is 239 g/mol. The third kappa shape index (κ3) is 3.21. The van der Waals surface area contributed by atoms with E-state index in [2.05, 4.69) is 26.1 Å². The van der Waals surface area contributed by atoms with E-state index in [4.69, 9.17) is 4.74 Å². The van der Waals surface area contributed by atoms with Crippen molar-refractivity contribution >= 4 is 5.97 Å². The van der Waals surface area contributed by atoms with E-state index in [1.807, 2.05) is 0 Å². The highest BCUT2D eigenvalue weighted by molar-refractivity contribution is 5.74. The van der Waals surface area contributed by atoms with Crippen molar-refractivity contribution in [1.29, 1.82) is 0 Å². The summed E-state index contributed by atoms with van der Waals surface area (Å²) in [7, 11) is 0. The molecule has 0 spiro atoms. The maximum atomic E-state index is 12.1. The molecular weight excluding hydrogens is 214 g/mol. The van der Waals surface area contributed by atoms with E-state index in [9.17, 15) is 4.79 Å². The number of hydrogen-bond acceptors (Lipinski definition) is 3. The second-order valence-electron chi connectivity index (χ2n) is 6.02. The van der Waals surface area contributed by atoms with Gasteiger partial charge in [0.2, 0.25) is 0 Å². The van der Waals surface area contributed by atoms with Crippen LogP contribution in [-0.2, 0) is 9.53 Å². The van der Waals surface area contributed by atoms with Crippen LogP contribution in [0.4, 0.5) is 0 Å². The van der Waals surface area contributed by atoms with Gasteiger partial charge in [-0.05, 0) is 51.9 Å². The van der Waals surface area contributed by atoms with Gasteiger partial charge in [0, 0.05) is 12.1 Å². The Hall–Kier alpha value is -0.570. The number of hydrogen-bond donors (Lipinski definition) is 1. The first kappa shape index (κ1) is 12.9. The zero-order chi connectivity index (χ0) is 12.4. The highest BCUT2D eigenvalue weighted by atomic mass is 16.5. The van der Waals surface area contributed by atoms with Crippen LogP contribution >= 0.6 is 0 Å². The molecule has 1 saturated heterocycles. The van der Waals surface area contributed by atoms with Crippen molar-refractivity contribution in [2.75, 3.05) is 0 Å². The third-order valence-corrected chi connectivity index (χ3v) is 4.31. The lowest BCUT2D eigenvalue weighted by atomic mass is 9.89. The average molecular weight is 239 g/mol. The van der Waals surface area contributed by atoms with Crippen LogP contribution in [0.15, 0.2) is 0 Å². The van der Waals surface area contributed by atoms with Crippen molar-refractivity contribution in [2.24, 2.45) is 11.8 Å². The van der Waals surface area contributed by atoms with Crippen molar-refractivity contribution in [3.63, 3.8) is 0 Å². The maximum absolute atomic E-state index is 12.1. The lowest BCUT2D eigenvalue weighted by Gasteiger charge is -2.27. The number of rotatable bonds is 2. The summed E-state index contributed by atoms with van der Waals surface area (Å²) in [5.41, 5.74) is 0. The molecule has 2 rings (SSSR count). The fraction of sp³-hybridized carbons (Fsp3) is 0.929. The van der Waals surface area contributed by atoms with Gasteiger partial charge in [-0.3, -0.25) is 4.79 Å². The molecule has 1 saturated carbocycles. The molecule has 98 valence electrons. The number of nitrogens with one attached hydrogen (secondary N) is 1. The Morgan fingerprint density at radius 1 is 1.12 bits per heavy atom. The molecule has 2 aliphatic rings. The van der Waals surface area contributed by atoms with Gasteiger partial charge in [0.25, 0.3) is 0 Å². The summed E-state index contributed by atoms with van der Waals surface area (Å²) in [6.07, 6.45) is 5.61. The molecule has 1 heterocycles. The second-order valence-corrected chi connectivity index (χ2v) is 6.02. The molecule has 1 aliphatic carbocycles. The van der Waals surface area contributed by atoms with Gasteiger partial charge in [-0.1, -0.05) is 6.92 Å². The van der Waals surface area contributed by atoms with E-state index in [-0.39, 0.29) is 24.0 Å². The molecule has 3 atom stereocenters. The van der Waals surface area contributed by atoms with Crippen LogP contribution in [0.1, 0.15) is 52.9 Å². The van der Waals surface area contributed by atoms with Crippen LogP contribution in [0.2, 0.25) is 0 Å². The molecule has 0 amide bonds. The Kier molecular flexibility index (Phi) is 4.08. The van der Waals surface area contributed by atoms with Gasteiger partial charge in [-0.15, -0.1) is 0 Å². The number of ether oxygens (including phenoxy) is 1. The summed E-state index contributed by atoms with van der Waals surface area (Å²) in [6.45, 7) is 6.49. The van der Waals surface area contributed by atoms with Crippen molar-refractivity contribution in [1.82, 2.24) is 5.32 Å². The lowest BCUT2D eigenvalue weighted by Crippen LogP contribution is -2.33. The van der Waals surface area contributed by atoms with Crippen LogP contribution < -0.4 is 5.32 Å².